The SMILES string of the molecule is CN(c1ncnc2[nH]ccc12)C1CC2(C1)CN(C(=O)Nc1cccc(Cl)c1)C2. The van der Waals surface area contributed by atoms with Gasteiger partial charge in [-0.25, -0.2) is 14.8 Å². The molecule has 0 radical (unpaired) electrons. The maximum Gasteiger partial charge on any atom is 0.321 e. The van der Waals surface area contributed by atoms with Gasteiger partial charge in [0, 0.05) is 48.5 Å². The van der Waals surface area contributed by atoms with Crippen LogP contribution in [-0.4, -0.2) is 52.1 Å². The van der Waals surface area contributed by atoms with Crippen LogP contribution in [0.4, 0.5) is 16.3 Å². The maximum atomic E-state index is 12.4. The van der Waals surface area contributed by atoms with Crippen molar-refractivity contribution in [3.05, 3.63) is 47.9 Å². The van der Waals surface area contributed by atoms with Crippen LogP contribution >= 0.6 is 11.6 Å². The maximum absolute atomic E-state index is 12.4. The number of hydrogen-bond donors (Lipinski definition) is 2. The lowest BCUT2D eigenvalue weighted by Gasteiger charge is -2.60. The van der Waals surface area contributed by atoms with E-state index in [0.29, 0.717) is 11.1 Å². The van der Waals surface area contributed by atoms with Crippen molar-refractivity contribution in [3.63, 3.8) is 0 Å². The van der Waals surface area contributed by atoms with E-state index >= 15 is 0 Å². The number of carbonyl (C=O) groups is 1. The number of halogens is 1. The van der Waals surface area contributed by atoms with Gasteiger partial charge in [-0.05, 0) is 37.1 Å². The van der Waals surface area contributed by atoms with Crippen LogP contribution in [0.25, 0.3) is 11.0 Å². The summed E-state index contributed by atoms with van der Waals surface area (Å²) < 4.78 is 0. The van der Waals surface area contributed by atoms with Gasteiger partial charge < -0.3 is 20.1 Å². The molecule has 7 nitrogen and oxygen atoms in total. The second-order valence-corrected chi connectivity index (χ2v) is 8.34. The van der Waals surface area contributed by atoms with Gasteiger partial charge in [0.15, 0.2) is 0 Å². The van der Waals surface area contributed by atoms with Crippen molar-refractivity contribution in [1.29, 1.82) is 0 Å². The molecule has 0 unspecified atom stereocenters. The second-order valence-electron chi connectivity index (χ2n) is 7.91. The number of likely N-dealkylation sites (tertiary alicyclic amines) is 1. The minimum Gasteiger partial charge on any atom is -0.356 e. The Morgan fingerprint density at radius 2 is 2.14 bits per heavy atom. The predicted molar refractivity (Wildman–Crippen MR) is 110 cm³/mol. The van der Waals surface area contributed by atoms with Gasteiger partial charge in [0.05, 0.1) is 5.39 Å². The van der Waals surface area contributed by atoms with Crippen molar-refractivity contribution in [3.8, 4) is 0 Å². The molecule has 144 valence electrons. The van der Waals surface area contributed by atoms with Crippen molar-refractivity contribution in [2.45, 2.75) is 18.9 Å². The standard InChI is InChI=1S/C20H21ClN6O/c1-26(18-16-5-6-22-17(16)23-12-24-18)15-8-20(9-15)10-27(11-20)19(28)25-14-4-2-3-13(21)7-14/h2-7,12,15H,8-11H2,1H3,(H,25,28)(H,22,23,24). The van der Waals surface area contributed by atoms with Gasteiger partial charge in [-0.3, -0.25) is 0 Å². The van der Waals surface area contributed by atoms with Crippen LogP contribution in [0.1, 0.15) is 12.8 Å². The first-order valence-electron chi connectivity index (χ1n) is 9.35. The Morgan fingerprint density at radius 1 is 1.32 bits per heavy atom. The minimum absolute atomic E-state index is 0.0606. The van der Waals surface area contributed by atoms with Crippen molar-refractivity contribution in [1.82, 2.24) is 19.9 Å². The molecule has 0 atom stereocenters. The molecule has 1 spiro atoms. The summed E-state index contributed by atoms with van der Waals surface area (Å²) in [6.07, 6.45) is 5.63. The number of fused-ring (bicyclic) bond motifs is 1. The topological polar surface area (TPSA) is 77.2 Å². The lowest BCUT2D eigenvalue weighted by atomic mass is 9.60. The number of aromatic amines is 1. The fourth-order valence-corrected chi connectivity index (χ4v) is 4.65. The van der Waals surface area contributed by atoms with E-state index in [1.54, 1.807) is 18.5 Å². The van der Waals surface area contributed by atoms with Gasteiger partial charge in [-0.1, -0.05) is 17.7 Å². The predicted octanol–water partition coefficient (Wildman–Crippen LogP) is 3.74. The Kier molecular flexibility index (Phi) is 3.94. The Bertz CT molecular complexity index is 1040. The summed E-state index contributed by atoms with van der Waals surface area (Å²) in [5.41, 5.74) is 1.83. The lowest BCUT2D eigenvalue weighted by molar-refractivity contribution is -0.0428. The quantitative estimate of drug-likeness (QED) is 0.707. The highest BCUT2D eigenvalue weighted by Crippen LogP contribution is 2.50. The molecule has 2 fully saturated rings. The van der Waals surface area contributed by atoms with Gasteiger partial charge >= 0.3 is 6.03 Å². The minimum atomic E-state index is -0.0606. The fourth-order valence-electron chi connectivity index (χ4n) is 4.46. The normalized spacial score (nSPS) is 18.0. The first kappa shape index (κ1) is 17.3. The molecular weight excluding hydrogens is 376 g/mol. The Labute approximate surface area is 167 Å². The van der Waals surface area contributed by atoms with E-state index in [-0.39, 0.29) is 11.4 Å². The third kappa shape index (κ3) is 2.86. The number of aromatic nitrogens is 3. The average Bonchev–Trinajstić information content (AvgIpc) is 3.07. The highest BCUT2D eigenvalue weighted by atomic mass is 35.5. The molecule has 5 rings (SSSR count). The monoisotopic (exact) mass is 396 g/mol. The van der Waals surface area contributed by atoms with E-state index in [0.717, 1.165) is 48.5 Å². The summed E-state index contributed by atoms with van der Waals surface area (Å²) in [5, 5.41) is 4.58. The highest BCUT2D eigenvalue weighted by Gasteiger charge is 2.55. The van der Waals surface area contributed by atoms with E-state index in [2.05, 4.69) is 32.2 Å². The summed E-state index contributed by atoms with van der Waals surface area (Å²) >= 11 is 5.98. The van der Waals surface area contributed by atoms with Gasteiger partial charge in [0.2, 0.25) is 0 Å². The highest BCUT2D eigenvalue weighted by molar-refractivity contribution is 6.30. The zero-order valence-electron chi connectivity index (χ0n) is 15.5. The molecule has 2 N–H and O–H groups in total. The third-order valence-corrected chi connectivity index (χ3v) is 6.20. The molecular formula is C20H21ClN6O. The van der Waals surface area contributed by atoms with Gasteiger partial charge in [-0.2, -0.15) is 0 Å². The van der Waals surface area contributed by atoms with Crippen LogP contribution < -0.4 is 10.2 Å². The smallest absolute Gasteiger partial charge is 0.321 e. The van der Waals surface area contributed by atoms with Crippen LogP contribution in [0.5, 0.6) is 0 Å². The van der Waals surface area contributed by atoms with E-state index < -0.39 is 0 Å². The molecule has 2 aliphatic rings. The largest absolute Gasteiger partial charge is 0.356 e. The number of hydrogen-bond acceptors (Lipinski definition) is 4. The molecule has 28 heavy (non-hydrogen) atoms. The number of urea groups is 1. The number of nitrogens with zero attached hydrogens (tertiary/aromatic N) is 4. The molecule has 3 aromatic rings. The molecule has 1 saturated heterocycles. The number of benzene rings is 1. The van der Waals surface area contributed by atoms with Gasteiger partial charge in [-0.15, -0.1) is 0 Å². The molecule has 3 heterocycles. The van der Waals surface area contributed by atoms with Crippen molar-refractivity contribution >= 4 is 40.2 Å². The summed E-state index contributed by atoms with van der Waals surface area (Å²) in [4.78, 5) is 28.4. The van der Waals surface area contributed by atoms with E-state index in [9.17, 15) is 4.79 Å². The lowest BCUT2D eigenvalue weighted by Crippen LogP contribution is -2.67. The number of rotatable bonds is 3. The summed E-state index contributed by atoms with van der Waals surface area (Å²) in [6.45, 7) is 1.60. The molecule has 0 bridgehead atoms. The fraction of sp³-hybridized carbons (Fsp3) is 0.350. The number of anilines is 2. The molecule has 1 saturated carbocycles. The van der Waals surface area contributed by atoms with Crippen molar-refractivity contribution < 1.29 is 4.79 Å². The first-order chi connectivity index (χ1) is 13.5. The van der Waals surface area contributed by atoms with Crippen LogP contribution in [0.15, 0.2) is 42.9 Å². The number of nitrogens with one attached hydrogen (secondary N) is 2. The van der Waals surface area contributed by atoms with Gasteiger partial charge in [0.1, 0.15) is 17.8 Å². The summed E-state index contributed by atoms with van der Waals surface area (Å²) in [7, 11) is 2.09. The molecule has 1 aliphatic carbocycles. The summed E-state index contributed by atoms with van der Waals surface area (Å²) in [6, 6.07) is 9.61. The summed E-state index contributed by atoms with van der Waals surface area (Å²) in [5.74, 6) is 0.959. The van der Waals surface area contributed by atoms with E-state index in [4.69, 9.17) is 11.6 Å². The zero-order valence-corrected chi connectivity index (χ0v) is 16.3. The average molecular weight is 397 g/mol. The number of amides is 2. The van der Waals surface area contributed by atoms with Crippen molar-refractivity contribution in [2.24, 2.45) is 5.41 Å². The van der Waals surface area contributed by atoms with Gasteiger partial charge in [0.25, 0.3) is 0 Å². The zero-order chi connectivity index (χ0) is 19.3. The van der Waals surface area contributed by atoms with Crippen LogP contribution in [0, 0.1) is 5.41 Å². The molecule has 2 amide bonds. The van der Waals surface area contributed by atoms with Crippen molar-refractivity contribution in [2.75, 3.05) is 30.4 Å². The number of H-pyrrole nitrogens is 1. The van der Waals surface area contributed by atoms with Crippen LogP contribution in [0.2, 0.25) is 5.02 Å². The molecule has 8 heteroatoms. The Morgan fingerprint density at radius 3 is 2.93 bits per heavy atom. The second kappa shape index (κ2) is 6.38. The van der Waals surface area contributed by atoms with E-state index in [1.165, 1.54) is 0 Å². The molecule has 2 aromatic heterocycles. The third-order valence-electron chi connectivity index (χ3n) is 5.97. The first-order valence-corrected chi connectivity index (χ1v) is 9.73. The Hall–Kier alpha value is -2.80. The Balaban J connectivity index is 1.18. The van der Waals surface area contributed by atoms with Crippen LogP contribution in [0.3, 0.4) is 0 Å². The van der Waals surface area contributed by atoms with E-state index in [1.807, 2.05) is 29.3 Å². The number of carbonyl (C=O) groups excluding carboxylic acids is 1. The van der Waals surface area contributed by atoms with Crippen LogP contribution in [-0.2, 0) is 0 Å². The molecule has 1 aromatic carbocycles. The molecule has 1 aliphatic heterocycles.